The average Bonchev–Trinajstić information content (AvgIpc) is 2.34. The molecule has 4 nitrogen and oxygen atoms in total. The Hall–Kier alpha value is -1.49. The van der Waals surface area contributed by atoms with Gasteiger partial charge in [-0.1, -0.05) is 37.3 Å². The van der Waals surface area contributed by atoms with Gasteiger partial charge in [0.25, 0.3) is 0 Å². The number of benzene rings is 1. The van der Waals surface area contributed by atoms with Crippen molar-refractivity contribution in [1.29, 1.82) is 0 Å². The highest BCUT2D eigenvalue weighted by atomic mass is 32.2. The predicted molar refractivity (Wildman–Crippen MR) is 72.4 cm³/mol. The first kappa shape index (κ1) is 14.6. The SMILES string of the molecule is CCC(SC(Cc1ccccc1)C(=O)O)C(N)=O. The number of carboxylic acid groups (broad SMARTS) is 1. The Kier molecular flexibility index (Phi) is 5.71. The third-order valence-electron chi connectivity index (χ3n) is 2.56. The Balaban J connectivity index is 2.72. The molecular weight excluding hydrogens is 250 g/mol. The van der Waals surface area contributed by atoms with Crippen LogP contribution >= 0.6 is 11.8 Å². The number of amides is 1. The Morgan fingerprint density at radius 3 is 2.33 bits per heavy atom. The fourth-order valence-electron chi connectivity index (χ4n) is 1.58. The Labute approximate surface area is 111 Å². The van der Waals surface area contributed by atoms with Gasteiger partial charge in [-0.15, -0.1) is 11.8 Å². The highest BCUT2D eigenvalue weighted by molar-refractivity contribution is 8.01. The van der Waals surface area contributed by atoms with Gasteiger partial charge < -0.3 is 10.8 Å². The monoisotopic (exact) mass is 267 g/mol. The van der Waals surface area contributed by atoms with E-state index in [0.29, 0.717) is 12.8 Å². The van der Waals surface area contributed by atoms with Gasteiger partial charge in [0.05, 0.1) is 5.25 Å². The van der Waals surface area contributed by atoms with E-state index >= 15 is 0 Å². The van der Waals surface area contributed by atoms with Crippen molar-refractivity contribution >= 4 is 23.6 Å². The molecule has 5 heteroatoms. The Morgan fingerprint density at radius 1 is 1.28 bits per heavy atom. The van der Waals surface area contributed by atoms with Crippen LogP contribution in [-0.2, 0) is 16.0 Å². The molecule has 98 valence electrons. The van der Waals surface area contributed by atoms with E-state index in [-0.39, 0.29) is 0 Å². The first-order valence-corrected chi connectivity index (χ1v) is 6.70. The molecule has 0 aromatic heterocycles. The zero-order chi connectivity index (χ0) is 13.5. The molecule has 2 unspecified atom stereocenters. The van der Waals surface area contributed by atoms with E-state index < -0.39 is 22.4 Å². The molecule has 0 fully saturated rings. The molecule has 0 saturated carbocycles. The summed E-state index contributed by atoms with van der Waals surface area (Å²) in [6.45, 7) is 1.82. The van der Waals surface area contributed by atoms with Crippen molar-refractivity contribution in [3.63, 3.8) is 0 Å². The Bertz CT molecular complexity index is 408. The quantitative estimate of drug-likeness (QED) is 0.787. The number of hydrogen-bond acceptors (Lipinski definition) is 3. The van der Waals surface area contributed by atoms with Gasteiger partial charge in [0.2, 0.25) is 5.91 Å². The van der Waals surface area contributed by atoms with Crippen molar-refractivity contribution in [3.8, 4) is 0 Å². The van der Waals surface area contributed by atoms with Gasteiger partial charge in [0.15, 0.2) is 0 Å². The van der Waals surface area contributed by atoms with Crippen LogP contribution in [0.4, 0.5) is 0 Å². The molecule has 0 aliphatic rings. The second kappa shape index (κ2) is 7.06. The van der Waals surface area contributed by atoms with Gasteiger partial charge in [-0.05, 0) is 18.4 Å². The molecule has 0 radical (unpaired) electrons. The van der Waals surface area contributed by atoms with E-state index in [4.69, 9.17) is 5.73 Å². The van der Waals surface area contributed by atoms with E-state index in [1.165, 1.54) is 0 Å². The van der Waals surface area contributed by atoms with Gasteiger partial charge in [-0.25, -0.2) is 0 Å². The standard InChI is InChI=1S/C13H17NO3S/c1-2-10(12(14)15)18-11(13(16)17)8-9-6-4-3-5-7-9/h3-7,10-11H,2,8H2,1H3,(H2,14,15)(H,16,17). The summed E-state index contributed by atoms with van der Waals surface area (Å²) in [6, 6.07) is 9.36. The highest BCUT2D eigenvalue weighted by Gasteiger charge is 2.25. The number of hydrogen-bond donors (Lipinski definition) is 2. The third-order valence-corrected chi connectivity index (χ3v) is 4.15. The van der Waals surface area contributed by atoms with Crippen molar-refractivity contribution in [1.82, 2.24) is 0 Å². The second-order valence-electron chi connectivity index (χ2n) is 3.95. The van der Waals surface area contributed by atoms with Crippen LogP contribution in [0.25, 0.3) is 0 Å². The van der Waals surface area contributed by atoms with E-state index in [9.17, 15) is 14.7 Å². The summed E-state index contributed by atoms with van der Waals surface area (Å²) in [5.74, 6) is -1.37. The maximum atomic E-state index is 11.2. The number of aliphatic carboxylic acids is 1. The average molecular weight is 267 g/mol. The lowest BCUT2D eigenvalue weighted by atomic mass is 10.1. The molecular formula is C13H17NO3S. The van der Waals surface area contributed by atoms with E-state index in [0.717, 1.165) is 17.3 Å². The summed E-state index contributed by atoms with van der Waals surface area (Å²) < 4.78 is 0. The van der Waals surface area contributed by atoms with Crippen molar-refractivity contribution in [2.24, 2.45) is 5.73 Å². The minimum Gasteiger partial charge on any atom is -0.480 e. The van der Waals surface area contributed by atoms with Crippen LogP contribution in [0.5, 0.6) is 0 Å². The van der Waals surface area contributed by atoms with E-state index in [1.807, 2.05) is 37.3 Å². The molecule has 0 spiro atoms. The first-order valence-electron chi connectivity index (χ1n) is 5.76. The number of carbonyl (C=O) groups excluding carboxylic acids is 1. The summed E-state index contributed by atoms with van der Waals surface area (Å²) in [5, 5.41) is 8.09. The summed E-state index contributed by atoms with van der Waals surface area (Å²) in [6.07, 6.45) is 0.934. The van der Waals surface area contributed by atoms with Crippen LogP contribution in [0, 0.1) is 0 Å². The van der Waals surface area contributed by atoms with Crippen molar-refractivity contribution in [2.45, 2.75) is 30.3 Å². The zero-order valence-corrected chi connectivity index (χ0v) is 11.0. The fraction of sp³-hybridized carbons (Fsp3) is 0.385. The van der Waals surface area contributed by atoms with Gasteiger partial charge in [-0.3, -0.25) is 9.59 Å². The largest absolute Gasteiger partial charge is 0.480 e. The van der Waals surface area contributed by atoms with Gasteiger partial charge >= 0.3 is 5.97 Å². The molecule has 1 aromatic rings. The summed E-state index contributed by atoms with van der Waals surface area (Å²) in [7, 11) is 0. The van der Waals surface area contributed by atoms with Crippen molar-refractivity contribution in [2.75, 3.05) is 0 Å². The number of carboxylic acids is 1. The van der Waals surface area contributed by atoms with E-state index in [2.05, 4.69) is 0 Å². The maximum absolute atomic E-state index is 11.2. The second-order valence-corrected chi connectivity index (χ2v) is 5.36. The molecule has 0 bridgehead atoms. The molecule has 0 aliphatic carbocycles. The number of thioether (sulfide) groups is 1. The lowest BCUT2D eigenvalue weighted by Gasteiger charge is -2.17. The van der Waals surface area contributed by atoms with Crippen LogP contribution < -0.4 is 5.73 Å². The van der Waals surface area contributed by atoms with Crippen LogP contribution in [0.3, 0.4) is 0 Å². The van der Waals surface area contributed by atoms with Crippen molar-refractivity contribution < 1.29 is 14.7 Å². The Morgan fingerprint density at radius 2 is 1.89 bits per heavy atom. The maximum Gasteiger partial charge on any atom is 0.316 e. The minimum atomic E-state index is -0.913. The van der Waals surface area contributed by atoms with Gasteiger partial charge in [0, 0.05) is 0 Å². The molecule has 0 saturated heterocycles. The number of carbonyl (C=O) groups is 2. The first-order chi connectivity index (χ1) is 8.54. The molecule has 0 heterocycles. The molecule has 2 atom stereocenters. The van der Waals surface area contributed by atoms with E-state index in [1.54, 1.807) is 0 Å². The molecule has 0 aliphatic heterocycles. The van der Waals surface area contributed by atoms with Crippen molar-refractivity contribution in [3.05, 3.63) is 35.9 Å². The van der Waals surface area contributed by atoms with Crippen LogP contribution in [0.15, 0.2) is 30.3 Å². The zero-order valence-electron chi connectivity index (χ0n) is 10.2. The number of rotatable bonds is 7. The molecule has 1 aromatic carbocycles. The number of nitrogens with two attached hydrogens (primary N) is 1. The highest BCUT2D eigenvalue weighted by Crippen LogP contribution is 2.24. The molecule has 3 N–H and O–H groups in total. The third kappa shape index (κ3) is 4.41. The van der Waals surface area contributed by atoms with Gasteiger partial charge in [0.1, 0.15) is 5.25 Å². The number of primary amides is 1. The topological polar surface area (TPSA) is 80.4 Å². The molecule has 18 heavy (non-hydrogen) atoms. The predicted octanol–water partition coefficient (Wildman–Crippen LogP) is 1.68. The summed E-state index contributed by atoms with van der Waals surface area (Å²) >= 11 is 1.13. The fourth-order valence-corrected chi connectivity index (χ4v) is 2.71. The summed E-state index contributed by atoms with van der Waals surface area (Å²) in [5.41, 5.74) is 6.18. The lowest BCUT2D eigenvalue weighted by Crippen LogP contribution is -2.30. The summed E-state index contributed by atoms with van der Waals surface area (Å²) in [4.78, 5) is 22.4. The van der Waals surface area contributed by atoms with Crippen LogP contribution in [0.2, 0.25) is 0 Å². The normalized spacial score (nSPS) is 13.8. The van der Waals surface area contributed by atoms with Crippen LogP contribution in [0.1, 0.15) is 18.9 Å². The lowest BCUT2D eigenvalue weighted by molar-refractivity contribution is -0.136. The minimum absolute atomic E-state index is 0.393. The molecule has 1 amide bonds. The van der Waals surface area contributed by atoms with Gasteiger partial charge in [-0.2, -0.15) is 0 Å². The smallest absolute Gasteiger partial charge is 0.316 e. The molecule has 1 rings (SSSR count). The van der Waals surface area contributed by atoms with Crippen LogP contribution in [-0.4, -0.2) is 27.5 Å².